The van der Waals surface area contributed by atoms with E-state index in [0.29, 0.717) is 35.7 Å². The van der Waals surface area contributed by atoms with Crippen LogP contribution in [0.1, 0.15) is 70.7 Å². The number of nitrogens with one attached hydrogen (secondary N) is 5. The molecule has 58 heavy (non-hydrogen) atoms. The van der Waals surface area contributed by atoms with Gasteiger partial charge in [0.15, 0.2) is 0 Å². The second-order valence-corrected chi connectivity index (χ2v) is 22.0. The van der Waals surface area contributed by atoms with Crippen LogP contribution in [0.2, 0.25) is 19.1 Å². The number of halogens is 1. The zero-order valence-corrected chi connectivity index (χ0v) is 35.4. The number of H-pyrrole nitrogens is 2. The summed E-state index contributed by atoms with van der Waals surface area (Å²) in [5, 5.41) is 8.30. The predicted octanol–water partition coefficient (Wildman–Crippen LogP) is 7.12. The molecular formula is C42H55FN8O6Si. The van der Waals surface area contributed by atoms with Crippen LogP contribution in [0, 0.1) is 23.7 Å². The molecule has 2 aliphatic rings. The Morgan fingerprint density at radius 1 is 0.828 bits per heavy atom. The number of carbonyl (C=O) groups is 4. The van der Waals surface area contributed by atoms with E-state index in [1.165, 1.54) is 14.2 Å². The highest BCUT2D eigenvalue weighted by Gasteiger charge is 2.46. The Hall–Kier alpha value is -5.51. The minimum atomic E-state index is -1.77. The lowest BCUT2D eigenvalue weighted by molar-refractivity contribution is -0.135. The number of alkyl carbamates (subject to hydrolysis) is 2. The molecule has 4 amide bonds. The number of hydrogen-bond donors (Lipinski definition) is 5. The maximum Gasteiger partial charge on any atom is 0.407 e. The van der Waals surface area contributed by atoms with Crippen molar-refractivity contribution in [1.29, 1.82) is 0 Å². The normalized spacial score (nSPS) is 17.8. The molecule has 310 valence electrons. The van der Waals surface area contributed by atoms with Crippen LogP contribution in [0.5, 0.6) is 0 Å². The molecule has 0 radical (unpaired) electrons. The van der Waals surface area contributed by atoms with E-state index >= 15 is 4.39 Å². The standard InChI is InChI=1S/C42H55FN8O6Si/c1-23(2)33(48-41(54)56-5)39(52)46-30(19-25-9-10-25)37-47-35(36(43)50-37)29-17-13-27(14-18-29)26-11-15-28(16-12-26)31-20-44-38(45-31)32-21-58(7,8)22-51(32)40(53)34(24(3)4)49-42(55)57-6/h11-18,20,23-25,30,32-34H,9-10,19,21-22H2,1-8H3,(H,44,45)(H,46,52)(H,47,50)(H,48,54)(H,49,55)/t30-,32-,33-,34-/m0/s1. The van der Waals surface area contributed by atoms with Crippen LogP contribution in [-0.4, -0.2) is 89.4 Å². The second kappa shape index (κ2) is 17.5. The first kappa shape index (κ1) is 42.1. The lowest BCUT2D eigenvalue weighted by Gasteiger charge is -2.30. The molecule has 2 aromatic heterocycles. The molecule has 4 aromatic rings. The smallest absolute Gasteiger partial charge is 0.407 e. The topological polar surface area (TPSA) is 183 Å². The van der Waals surface area contributed by atoms with Crippen molar-refractivity contribution in [3.05, 3.63) is 72.3 Å². The van der Waals surface area contributed by atoms with Crippen LogP contribution < -0.4 is 16.0 Å². The van der Waals surface area contributed by atoms with Crippen LogP contribution in [0.25, 0.3) is 33.6 Å². The number of imidazole rings is 2. The van der Waals surface area contributed by atoms with E-state index in [1.807, 2.05) is 81.1 Å². The first-order valence-electron chi connectivity index (χ1n) is 19.9. The Kier molecular flexibility index (Phi) is 12.7. The molecule has 2 fully saturated rings. The minimum absolute atomic E-state index is 0.128. The van der Waals surface area contributed by atoms with Gasteiger partial charge in [-0.2, -0.15) is 4.39 Å². The van der Waals surface area contributed by atoms with Crippen molar-refractivity contribution in [2.24, 2.45) is 17.8 Å². The molecule has 1 aliphatic carbocycles. The molecular weight excluding hydrogens is 760 g/mol. The number of amides is 4. The van der Waals surface area contributed by atoms with E-state index in [1.54, 1.807) is 6.20 Å². The van der Waals surface area contributed by atoms with Crippen LogP contribution in [-0.2, 0) is 19.1 Å². The molecule has 1 saturated carbocycles. The van der Waals surface area contributed by atoms with Gasteiger partial charge in [-0.1, -0.05) is 102 Å². The molecule has 3 heterocycles. The van der Waals surface area contributed by atoms with Crippen molar-refractivity contribution < 1.29 is 33.0 Å². The van der Waals surface area contributed by atoms with Gasteiger partial charge in [0.2, 0.25) is 17.8 Å². The summed E-state index contributed by atoms with van der Waals surface area (Å²) >= 11 is 0. The number of hydrogen-bond acceptors (Lipinski definition) is 8. The van der Waals surface area contributed by atoms with E-state index in [2.05, 4.69) is 44.0 Å². The molecule has 1 aliphatic heterocycles. The number of methoxy groups -OCH3 is 2. The van der Waals surface area contributed by atoms with E-state index in [4.69, 9.17) is 14.5 Å². The fourth-order valence-corrected chi connectivity index (χ4v) is 10.5. The maximum atomic E-state index is 15.5. The molecule has 16 heteroatoms. The summed E-state index contributed by atoms with van der Waals surface area (Å²) in [5.41, 5.74) is 4.39. The van der Waals surface area contributed by atoms with Crippen LogP contribution in [0.15, 0.2) is 54.7 Å². The first-order chi connectivity index (χ1) is 27.6. The average Bonchev–Trinajstić information content (AvgIpc) is 3.56. The summed E-state index contributed by atoms with van der Waals surface area (Å²) in [5.74, 6) is -0.0227. The van der Waals surface area contributed by atoms with Crippen molar-refractivity contribution in [3.8, 4) is 33.6 Å². The fraction of sp³-hybridized carbons (Fsp3) is 0.476. The molecule has 2 aromatic carbocycles. The second-order valence-electron chi connectivity index (χ2n) is 16.9. The van der Waals surface area contributed by atoms with Gasteiger partial charge in [-0.15, -0.1) is 0 Å². The third-order valence-corrected chi connectivity index (χ3v) is 13.7. The summed E-state index contributed by atoms with van der Waals surface area (Å²) < 4.78 is 25.0. The number of aromatic nitrogens is 4. The fourth-order valence-electron chi connectivity index (χ4n) is 7.57. The highest BCUT2D eigenvalue weighted by molar-refractivity contribution is 6.78. The largest absolute Gasteiger partial charge is 0.453 e. The van der Waals surface area contributed by atoms with Gasteiger partial charge in [0, 0.05) is 11.7 Å². The van der Waals surface area contributed by atoms with Gasteiger partial charge in [0.25, 0.3) is 0 Å². The minimum Gasteiger partial charge on any atom is -0.453 e. The van der Waals surface area contributed by atoms with Crippen molar-refractivity contribution in [1.82, 2.24) is 40.8 Å². The monoisotopic (exact) mass is 814 g/mol. The number of carbonyl (C=O) groups excluding carboxylic acids is 4. The first-order valence-corrected chi connectivity index (χ1v) is 23.3. The molecule has 5 N–H and O–H groups in total. The van der Waals surface area contributed by atoms with E-state index in [0.717, 1.165) is 41.3 Å². The van der Waals surface area contributed by atoms with Crippen molar-refractivity contribution in [2.45, 2.75) is 90.3 Å². The number of rotatable bonds is 14. The maximum absolute atomic E-state index is 15.5. The summed E-state index contributed by atoms with van der Waals surface area (Å²) in [6, 6.07) is 14.0. The molecule has 6 rings (SSSR count). The SMILES string of the molecule is COC(=O)N[C@H](C(=O)N[C@@H](CC1CC1)c1nc(-c2ccc(-c3ccc(-c4cnc([C@@H]5C[Si](C)(C)CN5C(=O)[C@@H](NC(=O)OC)C(C)C)[nH]4)cc3)cc2)c(F)[nH]1)C(C)C. The van der Waals surface area contributed by atoms with Gasteiger partial charge in [0.05, 0.1) is 46.3 Å². The van der Waals surface area contributed by atoms with E-state index < -0.39 is 50.2 Å². The average molecular weight is 815 g/mol. The zero-order chi connectivity index (χ0) is 41.9. The molecule has 1 saturated heterocycles. The van der Waals surface area contributed by atoms with E-state index in [9.17, 15) is 19.2 Å². The third-order valence-electron chi connectivity index (χ3n) is 11.0. The molecule has 0 unspecified atom stereocenters. The number of nitrogens with zero attached hydrogens (tertiary/aromatic N) is 3. The number of ether oxygens (including phenoxy) is 2. The summed E-state index contributed by atoms with van der Waals surface area (Å²) in [7, 11) is 0.761. The number of benzene rings is 2. The Balaban J connectivity index is 1.15. The summed E-state index contributed by atoms with van der Waals surface area (Å²) in [4.78, 5) is 68.6. The highest BCUT2D eigenvalue weighted by Crippen LogP contribution is 2.39. The van der Waals surface area contributed by atoms with Crippen LogP contribution in [0.3, 0.4) is 0 Å². The van der Waals surface area contributed by atoms with Gasteiger partial charge in [-0.3, -0.25) is 9.59 Å². The Labute approximate surface area is 339 Å². The van der Waals surface area contributed by atoms with Crippen LogP contribution in [0.4, 0.5) is 14.0 Å². The highest BCUT2D eigenvalue weighted by atomic mass is 28.3. The molecule has 4 atom stereocenters. The van der Waals surface area contributed by atoms with Gasteiger partial charge in [0.1, 0.15) is 29.4 Å². The van der Waals surface area contributed by atoms with Crippen molar-refractivity contribution in [2.75, 3.05) is 20.4 Å². The lowest BCUT2D eigenvalue weighted by atomic mass is 10.0. The van der Waals surface area contributed by atoms with Gasteiger partial charge in [-0.25, -0.2) is 19.6 Å². The number of aromatic amines is 2. The zero-order valence-electron chi connectivity index (χ0n) is 34.4. The predicted molar refractivity (Wildman–Crippen MR) is 220 cm³/mol. The van der Waals surface area contributed by atoms with Crippen LogP contribution >= 0.6 is 0 Å². The molecule has 0 spiro atoms. The van der Waals surface area contributed by atoms with Gasteiger partial charge < -0.3 is 40.3 Å². The summed E-state index contributed by atoms with van der Waals surface area (Å²) in [6.07, 6.45) is 3.77. The molecule has 0 bridgehead atoms. The van der Waals surface area contributed by atoms with Crippen molar-refractivity contribution in [3.63, 3.8) is 0 Å². The van der Waals surface area contributed by atoms with E-state index in [-0.39, 0.29) is 29.5 Å². The Bertz CT molecular complexity index is 2100. The van der Waals surface area contributed by atoms with Gasteiger partial charge >= 0.3 is 12.2 Å². The van der Waals surface area contributed by atoms with Crippen molar-refractivity contribution >= 4 is 32.1 Å². The quantitative estimate of drug-likeness (QED) is 0.0834. The van der Waals surface area contributed by atoms with Gasteiger partial charge in [-0.05, 0) is 46.9 Å². The Morgan fingerprint density at radius 2 is 1.38 bits per heavy atom. The Morgan fingerprint density at radius 3 is 1.93 bits per heavy atom. The lowest BCUT2D eigenvalue weighted by Crippen LogP contribution is -2.52. The third kappa shape index (κ3) is 9.77. The summed E-state index contributed by atoms with van der Waals surface area (Å²) in [6.45, 7) is 12.0. The molecule has 14 nitrogen and oxygen atoms in total.